The number of amides is 1. The van der Waals surface area contributed by atoms with E-state index >= 15 is 0 Å². The Morgan fingerprint density at radius 2 is 2.08 bits per heavy atom. The third-order valence-electron chi connectivity index (χ3n) is 3.99. The molecule has 8 heteroatoms. The van der Waals surface area contributed by atoms with E-state index in [1.165, 1.54) is 11.8 Å². The average molecular weight is 386 g/mol. The molecule has 0 aliphatic heterocycles. The molecule has 3 aromatic rings. The van der Waals surface area contributed by atoms with Gasteiger partial charge in [0.05, 0.1) is 16.8 Å². The smallest absolute Gasteiger partial charge is 0.234 e. The van der Waals surface area contributed by atoms with E-state index in [9.17, 15) is 4.79 Å². The maximum Gasteiger partial charge on any atom is 0.234 e. The second-order valence-corrected chi connectivity index (χ2v) is 7.45. The average Bonchev–Trinajstić information content (AvgIpc) is 3.38. The first-order chi connectivity index (χ1) is 12.7. The lowest BCUT2D eigenvalue weighted by Crippen LogP contribution is -2.14. The Bertz CT molecular complexity index is 941. The molecule has 0 unspecified atom stereocenters. The molecule has 1 saturated carbocycles. The van der Waals surface area contributed by atoms with Crippen molar-refractivity contribution in [1.29, 1.82) is 0 Å². The van der Waals surface area contributed by atoms with Gasteiger partial charge in [-0.1, -0.05) is 35.9 Å². The van der Waals surface area contributed by atoms with E-state index < -0.39 is 0 Å². The summed E-state index contributed by atoms with van der Waals surface area (Å²) in [6.07, 6.45) is 2.21. The number of carbonyl (C=O) groups excluding carboxylic acids is 1. The number of aromatic nitrogens is 4. The summed E-state index contributed by atoms with van der Waals surface area (Å²) in [7, 11) is 0. The summed E-state index contributed by atoms with van der Waals surface area (Å²) >= 11 is 7.53. The monoisotopic (exact) mass is 385 g/mol. The van der Waals surface area contributed by atoms with Gasteiger partial charge in [-0.3, -0.25) is 4.79 Å². The number of anilines is 1. The van der Waals surface area contributed by atoms with Crippen LogP contribution in [0, 0.1) is 0 Å². The van der Waals surface area contributed by atoms with Gasteiger partial charge in [0, 0.05) is 16.1 Å². The first-order valence-corrected chi connectivity index (χ1v) is 9.62. The molecule has 2 aromatic carbocycles. The molecule has 1 aromatic heterocycles. The van der Waals surface area contributed by atoms with Crippen LogP contribution >= 0.6 is 23.4 Å². The van der Waals surface area contributed by atoms with Crippen LogP contribution < -0.4 is 5.32 Å². The van der Waals surface area contributed by atoms with Crippen molar-refractivity contribution in [2.45, 2.75) is 23.8 Å². The molecule has 0 bridgehead atoms. The van der Waals surface area contributed by atoms with Crippen molar-refractivity contribution < 1.29 is 4.79 Å². The van der Waals surface area contributed by atoms with Gasteiger partial charge in [-0.25, -0.2) is 4.68 Å². The zero-order chi connectivity index (χ0) is 17.9. The van der Waals surface area contributed by atoms with Crippen LogP contribution in [-0.4, -0.2) is 31.9 Å². The Morgan fingerprint density at radius 3 is 2.88 bits per heavy atom. The van der Waals surface area contributed by atoms with Crippen LogP contribution in [0.1, 0.15) is 18.9 Å². The number of thioether (sulfide) groups is 1. The van der Waals surface area contributed by atoms with Gasteiger partial charge in [-0.2, -0.15) is 0 Å². The SMILES string of the molecule is O=C(CSc1ccccc1Cl)Nc1cccc(-c2nnnn2C2CC2)c1. The second kappa shape index (κ2) is 7.47. The number of hydrogen-bond acceptors (Lipinski definition) is 5. The first kappa shape index (κ1) is 17.1. The van der Waals surface area contributed by atoms with Crippen molar-refractivity contribution in [1.82, 2.24) is 20.2 Å². The standard InChI is InChI=1S/C18H16ClN5OS/c19-15-6-1-2-7-16(15)26-11-17(25)20-13-5-3-4-12(10-13)18-21-22-23-24(18)14-8-9-14/h1-7,10,14H,8-9,11H2,(H,20,25). The summed E-state index contributed by atoms with van der Waals surface area (Å²) in [5, 5.41) is 15.5. The van der Waals surface area contributed by atoms with Crippen LogP contribution in [0.4, 0.5) is 5.69 Å². The highest BCUT2D eigenvalue weighted by atomic mass is 35.5. The molecule has 1 heterocycles. The molecule has 1 fully saturated rings. The molecule has 0 radical (unpaired) electrons. The molecule has 26 heavy (non-hydrogen) atoms. The quantitative estimate of drug-likeness (QED) is 0.648. The van der Waals surface area contributed by atoms with Crippen LogP contribution in [0.25, 0.3) is 11.4 Å². The predicted molar refractivity (Wildman–Crippen MR) is 102 cm³/mol. The summed E-state index contributed by atoms with van der Waals surface area (Å²) in [5.41, 5.74) is 1.61. The minimum atomic E-state index is -0.0890. The number of halogens is 1. The number of rotatable bonds is 6. The van der Waals surface area contributed by atoms with Crippen LogP contribution in [0.5, 0.6) is 0 Å². The van der Waals surface area contributed by atoms with Crippen molar-refractivity contribution in [3.63, 3.8) is 0 Å². The van der Waals surface area contributed by atoms with Gasteiger partial charge in [-0.15, -0.1) is 16.9 Å². The molecule has 0 saturated heterocycles. The molecular weight excluding hydrogens is 370 g/mol. The van der Waals surface area contributed by atoms with Gasteiger partial charge >= 0.3 is 0 Å². The summed E-state index contributed by atoms with van der Waals surface area (Å²) in [5.74, 6) is 0.927. The second-order valence-electron chi connectivity index (χ2n) is 6.03. The molecule has 6 nitrogen and oxygen atoms in total. The van der Waals surface area contributed by atoms with Crippen molar-refractivity contribution in [2.75, 3.05) is 11.1 Å². The molecular formula is C18H16ClN5OS. The van der Waals surface area contributed by atoms with E-state index in [0.717, 1.165) is 34.8 Å². The summed E-state index contributed by atoms with van der Waals surface area (Å²) in [6, 6.07) is 15.5. The third-order valence-corrected chi connectivity index (χ3v) is 5.50. The molecule has 1 aliphatic rings. The maximum absolute atomic E-state index is 12.3. The lowest BCUT2D eigenvalue weighted by atomic mass is 10.2. The van der Waals surface area contributed by atoms with Crippen molar-refractivity contribution in [3.05, 3.63) is 53.6 Å². The van der Waals surface area contributed by atoms with Crippen LogP contribution in [0.2, 0.25) is 5.02 Å². The zero-order valence-corrected chi connectivity index (χ0v) is 15.4. The molecule has 1 aliphatic carbocycles. The fourth-order valence-electron chi connectivity index (χ4n) is 2.59. The number of carbonyl (C=O) groups is 1. The van der Waals surface area contributed by atoms with Gasteiger partial charge in [0.15, 0.2) is 5.82 Å². The largest absolute Gasteiger partial charge is 0.325 e. The van der Waals surface area contributed by atoms with Gasteiger partial charge < -0.3 is 5.32 Å². The fourth-order valence-corrected chi connectivity index (χ4v) is 3.63. The molecule has 132 valence electrons. The number of tetrazole rings is 1. The first-order valence-electron chi connectivity index (χ1n) is 8.26. The normalized spacial score (nSPS) is 13.6. The minimum Gasteiger partial charge on any atom is -0.325 e. The summed E-state index contributed by atoms with van der Waals surface area (Å²) in [4.78, 5) is 13.1. The lowest BCUT2D eigenvalue weighted by Gasteiger charge is -2.08. The van der Waals surface area contributed by atoms with Crippen molar-refractivity contribution in [2.24, 2.45) is 0 Å². The van der Waals surface area contributed by atoms with E-state index in [-0.39, 0.29) is 11.7 Å². The Labute approximate surface area is 159 Å². The number of nitrogens with one attached hydrogen (secondary N) is 1. The van der Waals surface area contributed by atoms with Crippen molar-refractivity contribution in [3.8, 4) is 11.4 Å². The number of nitrogens with zero attached hydrogens (tertiary/aromatic N) is 4. The number of benzene rings is 2. The molecule has 0 spiro atoms. The topological polar surface area (TPSA) is 72.7 Å². The van der Waals surface area contributed by atoms with Gasteiger partial charge in [0.25, 0.3) is 0 Å². The highest BCUT2D eigenvalue weighted by Gasteiger charge is 2.28. The van der Waals surface area contributed by atoms with E-state index in [1.54, 1.807) is 0 Å². The predicted octanol–water partition coefficient (Wildman–Crippen LogP) is 4.06. The Morgan fingerprint density at radius 1 is 1.23 bits per heavy atom. The third kappa shape index (κ3) is 3.89. The Balaban J connectivity index is 1.43. The van der Waals surface area contributed by atoms with Gasteiger partial charge in [0.2, 0.25) is 5.91 Å². The Hall–Kier alpha value is -2.38. The summed E-state index contributed by atoms with van der Waals surface area (Å²) < 4.78 is 1.86. The summed E-state index contributed by atoms with van der Waals surface area (Å²) in [6.45, 7) is 0. The van der Waals surface area contributed by atoms with Gasteiger partial charge in [-0.05, 0) is 47.5 Å². The molecule has 1 N–H and O–H groups in total. The van der Waals surface area contributed by atoms with Crippen LogP contribution in [0.3, 0.4) is 0 Å². The van der Waals surface area contributed by atoms with Crippen LogP contribution in [-0.2, 0) is 4.79 Å². The molecule has 1 amide bonds. The highest BCUT2D eigenvalue weighted by Crippen LogP contribution is 2.36. The molecule has 0 atom stereocenters. The maximum atomic E-state index is 12.3. The fraction of sp³-hybridized carbons (Fsp3) is 0.222. The van der Waals surface area contributed by atoms with E-state index in [4.69, 9.17) is 11.6 Å². The van der Waals surface area contributed by atoms with E-state index in [0.29, 0.717) is 11.1 Å². The zero-order valence-electron chi connectivity index (χ0n) is 13.8. The van der Waals surface area contributed by atoms with Crippen LogP contribution in [0.15, 0.2) is 53.4 Å². The Kier molecular flexibility index (Phi) is 4.90. The van der Waals surface area contributed by atoms with E-state index in [2.05, 4.69) is 20.8 Å². The highest BCUT2D eigenvalue weighted by molar-refractivity contribution is 8.00. The van der Waals surface area contributed by atoms with Crippen molar-refractivity contribution >= 4 is 35.0 Å². The van der Waals surface area contributed by atoms with E-state index in [1.807, 2.05) is 53.2 Å². The number of hydrogen-bond donors (Lipinski definition) is 1. The minimum absolute atomic E-state index is 0.0890. The van der Waals surface area contributed by atoms with Gasteiger partial charge in [0.1, 0.15) is 0 Å². The molecule has 4 rings (SSSR count). The lowest BCUT2D eigenvalue weighted by molar-refractivity contribution is -0.113.